The summed E-state index contributed by atoms with van der Waals surface area (Å²) in [5, 5.41) is 0.739. The highest BCUT2D eigenvalue weighted by atomic mass is 35.5. The second-order valence-electron chi connectivity index (χ2n) is 10.4. The topological polar surface area (TPSA) is 49.3 Å². The van der Waals surface area contributed by atoms with Crippen LogP contribution in [0.15, 0.2) is 24.3 Å². The number of nitrogens with zero attached hydrogens (tertiary/aromatic N) is 4. The van der Waals surface area contributed by atoms with Gasteiger partial charge in [0.05, 0.1) is 0 Å². The predicted octanol–water partition coefficient (Wildman–Crippen LogP) is 5.45. The van der Waals surface area contributed by atoms with E-state index in [9.17, 15) is 4.79 Å². The zero-order valence-corrected chi connectivity index (χ0v) is 21.2. The summed E-state index contributed by atoms with van der Waals surface area (Å²) in [7, 11) is 0. The molecule has 1 fully saturated rings. The molecule has 5 nitrogen and oxygen atoms in total. The Bertz CT molecular complexity index is 928. The fourth-order valence-corrected chi connectivity index (χ4v) is 4.83. The van der Waals surface area contributed by atoms with Crippen molar-refractivity contribution in [3.63, 3.8) is 0 Å². The number of hydrogen-bond donors (Lipinski definition) is 0. The van der Waals surface area contributed by atoms with Gasteiger partial charge in [-0.1, -0.05) is 51.4 Å². The van der Waals surface area contributed by atoms with Crippen LogP contribution in [-0.2, 0) is 11.2 Å². The van der Waals surface area contributed by atoms with Crippen molar-refractivity contribution in [1.29, 1.82) is 0 Å². The molecule has 0 unspecified atom stereocenters. The molecule has 6 heteroatoms. The third-order valence-corrected chi connectivity index (χ3v) is 6.27. The molecule has 0 aliphatic carbocycles. The Balaban J connectivity index is 1.68. The van der Waals surface area contributed by atoms with Crippen molar-refractivity contribution < 1.29 is 4.79 Å². The van der Waals surface area contributed by atoms with Gasteiger partial charge < -0.3 is 9.80 Å². The summed E-state index contributed by atoms with van der Waals surface area (Å²) in [4.78, 5) is 26.6. The van der Waals surface area contributed by atoms with Crippen molar-refractivity contribution in [1.82, 2.24) is 14.9 Å². The lowest BCUT2D eigenvalue weighted by atomic mass is 9.84. The minimum Gasteiger partial charge on any atom is -0.353 e. The molecular weight excluding hydrogens is 420 g/mol. The molecule has 0 spiro atoms. The molecule has 2 heterocycles. The number of carbonyl (C=O) groups is 1. The number of anilines is 1. The Morgan fingerprint density at radius 2 is 1.69 bits per heavy atom. The van der Waals surface area contributed by atoms with Crippen molar-refractivity contribution in [3.05, 3.63) is 51.9 Å². The van der Waals surface area contributed by atoms with Crippen LogP contribution in [0.3, 0.4) is 0 Å². The van der Waals surface area contributed by atoms with E-state index in [1.165, 1.54) is 5.56 Å². The number of aromatic nitrogens is 2. The first-order valence-corrected chi connectivity index (χ1v) is 12.0. The van der Waals surface area contributed by atoms with Crippen LogP contribution in [-0.4, -0.2) is 47.0 Å². The molecule has 3 rings (SSSR count). The summed E-state index contributed by atoms with van der Waals surface area (Å²) in [6, 6.07) is 7.96. The quantitative estimate of drug-likeness (QED) is 0.580. The van der Waals surface area contributed by atoms with Crippen LogP contribution in [0.4, 0.5) is 5.82 Å². The van der Waals surface area contributed by atoms with Crippen molar-refractivity contribution >= 4 is 23.3 Å². The largest absolute Gasteiger partial charge is 0.353 e. The summed E-state index contributed by atoms with van der Waals surface area (Å²) < 4.78 is 0. The fourth-order valence-electron chi connectivity index (χ4n) is 4.71. The molecule has 32 heavy (non-hydrogen) atoms. The van der Waals surface area contributed by atoms with Gasteiger partial charge in [-0.25, -0.2) is 9.97 Å². The average molecular weight is 457 g/mol. The number of halogens is 1. The zero-order chi connectivity index (χ0) is 23.5. The highest BCUT2D eigenvalue weighted by molar-refractivity contribution is 6.30. The van der Waals surface area contributed by atoms with E-state index >= 15 is 0 Å². The second kappa shape index (κ2) is 10.2. The molecule has 1 aromatic heterocycles. The van der Waals surface area contributed by atoms with E-state index in [2.05, 4.69) is 56.6 Å². The molecule has 0 N–H and O–H groups in total. The summed E-state index contributed by atoms with van der Waals surface area (Å²) in [6.07, 6.45) is 2.46. The molecule has 1 atom stereocenters. The number of hydrogen-bond acceptors (Lipinski definition) is 4. The molecule has 174 valence electrons. The van der Waals surface area contributed by atoms with Gasteiger partial charge in [0.1, 0.15) is 11.6 Å². The van der Waals surface area contributed by atoms with Gasteiger partial charge in [0.2, 0.25) is 5.91 Å². The molecule has 0 bridgehead atoms. The van der Waals surface area contributed by atoms with E-state index in [1.54, 1.807) is 0 Å². The monoisotopic (exact) mass is 456 g/mol. The van der Waals surface area contributed by atoms with Gasteiger partial charge in [-0.3, -0.25) is 4.79 Å². The number of rotatable bonds is 6. The lowest BCUT2D eigenvalue weighted by Crippen LogP contribution is -2.49. The van der Waals surface area contributed by atoms with E-state index in [0.717, 1.165) is 66.9 Å². The van der Waals surface area contributed by atoms with Crippen LogP contribution < -0.4 is 4.90 Å². The fraction of sp³-hybridized carbons (Fsp3) is 0.577. The van der Waals surface area contributed by atoms with Gasteiger partial charge in [-0.15, -0.1) is 0 Å². The molecule has 1 aliphatic rings. The smallest absolute Gasteiger partial charge is 0.222 e. The molecule has 1 saturated heterocycles. The summed E-state index contributed by atoms with van der Waals surface area (Å²) >= 11 is 6.06. The molecule has 0 saturated carbocycles. The van der Waals surface area contributed by atoms with Gasteiger partial charge >= 0.3 is 0 Å². The highest BCUT2D eigenvalue weighted by Gasteiger charge is 2.26. The van der Waals surface area contributed by atoms with Crippen molar-refractivity contribution in [2.24, 2.45) is 11.3 Å². The van der Waals surface area contributed by atoms with Gasteiger partial charge in [-0.2, -0.15) is 0 Å². The lowest BCUT2D eigenvalue weighted by Gasteiger charge is -2.37. The number of aryl methyl sites for hydroxylation is 2. The van der Waals surface area contributed by atoms with Gasteiger partial charge in [0.25, 0.3) is 0 Å². The van der Waals surface area contributed by atoms with Gasteiger partial charge in [0, 0.05) is 55.3 Å². The number of piperazine rings is 1. The summed E-state index contributed by atoms with van der Waals surface area (Å²) in [5.41, 5.74) is 3.60. The van der Waals surface area contributed by atoms with E-state index in [1.807, 2.05) is 24.0 Å². The second-order valence-corrected chi connectivity index (χ2v) is 10.8. The Morgan fingerprint density at radius 1 is 1.06 bits per heavy atom. The third-order valence-electron chi connectivity index (χ3n) is 6.01. The number of carbonyl (C=O) groups excluding carboxylic acids is 1. The normalized spacial score (nSPS) is 15.7. The first-order chi connectivity index (χ1) is 15.0. The highest BCUT2D eigenvalue weighted by Crippen LogP contribution is 2.28. The maximum atomic E-state index is 12.9. The Kier molecular flexibility index (Phi) is 7.81. The summed E-state index contributed by atoms with van der Waals surface area (Å²) in [6.45, 7) is 16.0. The molecule has 1 aliphatic heterocycles. The van der Waals surface area contributed by atoms with Crippen LogP contribution in [0.5, 0.6) is 0 Å². The van der Waals surface area contributed by atoms with Gasteiger partial charge in [0.15, 0.2) is 0 Å². The number of benzene rings is 1. The van der Waals surface area contributed by atoms with Crippen molar-refractivity contribution in [2.45, 2.75) is 60.8 Å². The average Bonchev–Trinajstić information content (AvgIpc) is 2.70. The van der Waals surface area contributed by atoms with Crippen molar-refractivity contribution in [2.75, 3.05) is 31.1 Å². The van der Waals surface area contributed by atoms with E-state index in [0.29, 0.717) is 12.3 Å². The SMILES string of the molecule is Cc1nc(C)c(Cc2ccc(Cl)cc2)c(N2CCN(C(=O)C[C@H](C)CC(C)(C)C)CC2)n1. The molecular formula is C26H37ClN4O. The van der Waals surface area contributed by atoms with Crippen LogP contribution >= 0.6 is 11.6 Å². The maximum absolute atomic E-state index is 12.9. The minimum absolute atomic E-state index is 0.252. The molecule has 1 amide bonds. The lowest BCUT2D eigenvalue weighted by molar-refractivity contribution is -0.132. The minimum atomic E-state index is 0.252. The van der Waals surface area contributed by atoms with E-state index in [-0.39, 0.29) is 11.3 Å². The molecule has 1 aromatic carbocycles. The van der Waals surface area contributed by atoms with Crippen LogP contribution in [0.2, 0.25) is 5.02 Å². The Morgan fingerprint density at radius 3 is 2.28 bits per heavy atom. The maximum Gasteiger partial charge on any atom is 0.222 e. The zero-order valence-electron chi connectivity index (χ0n) is 20.4. The first-order valence-electron chi connectivity index (χ1n) is 11.6. The summed E-state index contributed by atoms with van der Waals surface area (Å²) in [5.74, 6) is 2.46. The van der Waals surface area contributed by atoms with E-state index < -0.39 is 0 Å². The Labute approximate surface area is 198 Å². The van der Waals surface area contributed by atoms with Gasteiger partial charge in [-0.05, 0) is 49.3 Å². The third kappa shape index (κ3) is 6.68. The van der Waals surface area contributed by atoms with Crippen LogP contribution in [0.25, 0.3) is 0 Å². The van der Waals surface area contributed by atoms with Crippen molar-refractivity contribution in [3.8, 4) is 0 Å². The van der Waals surface area contributed by atoms with Crippen LogP contribution in [0.1, 0.15) is 63.2 Å². The first kappa shape index (κ1) is 24.5. The molecule has 2 aromatic rings. The molecule has 0 radical (unpaired) electrons. The Hall–Kier alpha value is -2.14. The number of amides is 1. The van der Waals surface area contributed by atoms with Crippen LogP contribution in [0, 0.1) is 25.2 Å². The standard InChI is InChI=1S/C26H37ClN4O/c1-18(17-26(4,5)6)15-24(32)30-11-13-31(14-12-30)25-23(19(2)28-20(3)29-25)16-21-7-9-22(27)10-8-21/h7-10,18H,11-17H2,1-6H3/t18-/m0/s1. The van der Waals surface area contributed by atoms with E-state index in [4.69, 9.17) is 16.6 Å². The predicted molar refractivity (Wildman–Crippen MR) is 132 cm³/mol.